The van der Waals surface area contributed by atoms with E-state index in [2.05, 4.69) is 4.90 Å². The van der Waals surface area contributed by atoms with Crippen molar-refractivity contribution in [2.75, 3.05) is 13.1 Å². The lowest BCUT2D eigenvalue weighted by atomic mass is 9.88. The van der Waals surface area contributed by atoms with Gasteiger partial charge >= 0.3 is 0 Å². The average molecular weight is 154 g/mol. The van der Waals surface area contributed by atoms with Crippen LogP contribution in [-0.4, -0.2) is 30.1 Å². The second kappa shape index (κ2) is 3.11. The lowest BCUT2D eigenvalue weighted by Crippen LogP contribution is -2.54. The van der Waals surface area contributed by atoms with Gasteiger partial charge in [0.25, 0.3) is 0 Å². The molecule has 1 saturated carbocycles. The van der Waals surface area contributed by atoms with Crippen molar-refractivity contribution in [3.63, 3.8) is 0 Å². The van der Waals surface area contributed by atoms with Crippen LogP contribution in [0.2, 0.25) is 0 Å². The Morgan fingerprint density at radius 2 is 1.73 bits per heavy atom. The zero-order chi connectivity index (χ0) is 7.68. The van der Waals surface area contributed by atoms with Crippen molar-refractivity contribution in [3.05, 3.63) is 0 Å². The Morgan fingerprint density at radius 1 is 1.00 bits per heavy atom. The van der Waals surface area contributed by atoms with Gasteiger partial charge in [0.1, 0.15) is 0 Å². The van der Waals surface area contributed by atoms with E-state index >= 15 is 0 Å². The van der Waals surface area contributed by atoms with Crippen molar-refractivity contribution in [3.8, 4) is 0 Å². The molecule has 2 atom stereocenters. The van der Waals surface area contributed by atoms with E-state index in [0.29, 0.717) is 6.04 Å². The van der Waals surface area contributed by atoms with Gasteiger partial charge in [-0.3, -0.25) is 4.90 Å². The number of hydrogen-bond acceptors (Lipinski definition) is 2. The largest absolute Gasteiger partial charge is 0.326 e. The third kappa shape index (κ3) is 1.42. The Morgan fingerprint density at radius 3 is 2.27 bits per heavy atom. The van der Waals surface area contributed by atoms with Gasteiger partial charge in [0.2, 0.25) is 0 Å². The van der Waals surface area contributed by atoms with E-state index in [-0.39, 0.29) is 0 Å². The van der Waals surface area contributed by atoms with Crippen molar-refractivity contribution >= 4 is 0 Å². The van der Waals surface area contributed by atoms with Crippen molar-refractivity contribution in [1.82, 2.24) is 4.90 Å². The second-order valence-electron chi connectivity index (χ2n) is 3.91. The normalized spacial score (nSPS) is 40.1. The zero-order valence-corrected chi connectivity index (χ0v) is 7.13. The van der Waals surface area contributed by atoms with E-state index in [0.717, 1.165) is 6.04 Å². The fourth-order valence-electron chi connectivity index (χ4n) is 2.27. The molecular formula is C9H18N2. The van der Waals surface area contributed by atoms with Crippen LogP contribution < -0.4 is 5.73 Å². The van der Waals surface area contributed by atoms with Crippen LogP contribution in [0.4, 0.5) is 0 Å². The molecule has 11 heavy (non-hydrogen) atoms. The highest BCUT2D eigenvalue weighted by atomic mass is 15.2. The van der Waals surface area contributed by atoms with Crippen LogP contribution in [0.5, 0.6) is 0 Å². The highest BCUT2D eigenvalue weighted by Gasteiger charge is 2.30. The predicted octanol–water partition coefficient (Wildman–Crippen LogP) is 0.962. The van der Waals surface area contributed by atoms with Crippen LogP contribution in [0.3, 0.4) is 0 Å². The van der Waals surface area contributed by atoms with Gasteiger partial charge < -0.3 is 5.73 Å². The predicted molar refractivity (Wildman–Crippen MR) is 46.4 cm³/mol. The first-order valence-electron chi connectivity index (χ1n) is 4.87. The van der Waals surface area contributed by atoms with Gasteiger partial charge in [-0.25, -0.2) is 0 Å². The third-order valence-electron chi connectivity index (χ3n) is 3.14. The van der Waals surface area contributed by atoms with Gasteiger partial charge in [-0.1, -0.05) is 12.8 Å². The smallest absolute Gasteiger partial charge is 0.0247 e. The molecule has 2 heteroatoms. The van der Waals surface area contributed by atoms with Gasteiger partial charge in [-0.2, -0.15) is 0 Å². The van der Waals surface area contributed by atoms with E-state index in [9.17, 15) is 0 Å². The molecule has 0 aromatic rings. The molecule has 2 N–H and O–H groups in total. The van der Waals surface area contributed by atoms with Crippen molar-refractivity contribution < 1.29 is 0 Å². The number of nitrogens with two attached hydrogens (primary N) is 1. The molecule has 2 fully saturated rings. The molecule has 0 aromatic carbocycles. The molecule has 0 spiro atoms. The molecule has 0 amide bonds. The van der Waals surface area contributed by atoms with E-state index in [1.807, 2.05) is 0 Å². The van der Waals surface area contributed by atoms with Crippen LogP contribution in [0, 0.1) is 0 Å². The highest BCUT2D eigenvalue weighted by Crippen LogP contribution is 2.24. The summed E-state index contributed by atoms with van der Waals surface area (Å²) >= 11 is 0. The maximum Gasteiger partial charge on any atom is 0.0247 e. The van der Waals surface area contributed by atoms with Crippen LogP contribution in [0.1, 0.15) is 32.1 Å². The summed E-state index contributed by atoms with van der Waals surface area (Å²) in [5, 5.41) is 0. The van der Waals surface area contributed by atoms with E-state index in [1.54, 1.807) is 0 Å². The Hall–Kier alpha value is -0.0800. The molecule has 64 valence electrons. The van der Waals surface area contributed by atoms with Gasteiger partial charge in [0.15, 0.2) is 0 Å². The van der Waals surface area contributed by atoms with Crippen LogP contribution in [0.25, 0.3) is 0 Å². The number of likely N-dealkylation sites (tertiary alicyclic amines) is 1. The van der Waals surface area contributed by atoms with Crippen molar-refractivity contribution in [2.45, 2.75) is 44.2 Å². The summed E-state index contributed by atoms with van der Waals surface area (Å²) in [5.41, 5.74) is 6.05. The fourth-order valence-corrected chi connectivity index (χ4v) is 2.27. The third-order valence-corrected chi connectivity index (χ3v) is 3.14. The van der Waals surface area contributed by atoms with Crippen molar-refractivity contribution in [2.24, 2.45) is 5.73 Å². The molecule has 1 aliphatic heterocycles. The molecule has 2 rings (SSSR count). The number of nitrogens with zero attached hydrogens (tertiary/aromatic N) is 1. The summed E-state index contributed by atoms with van der Waals surface area (Å²) in [5.74, 6) is 0. The second-order valence-corrected chi connectivity index (χ2v) is 3.91. The lowest BCUT2D eigenvalue weighted by molar-refractivity contribution is 0.0778. The molecule has 0 unspecified atom stereocenters. The van der Waals surface area contributed by atoms with Gasteiger partial charge in [0.05, 0.1) is 0 Å². The van der Waals surface area contributed by atoms with E-state index < -0.39 is 0 Å². The monoisotopic (exact) mass is 154 g/mol. The quantitative estimate of drug-likeness (QED) is 0.609. The molecular weight excluding hydrogens is 136 g/mol. The number of rotatable bonds is 1. The summed E-state index contributed by atoms with van der Waals surface area (Å²) in [7, 11) is 0. The first kappa shape index (κ1) is 7.56. The van der Waals surface area contributed by atoms with Crippen LogP contribution >= 0.6 is 0 Å². The van der Waals surface area contributed by atoms with Gasteiger partial charge in [-0.05, 0) is 32.4 Å². The summed E-state index contributed by atoms with van der Waals surface area (Å²) in [6.45, 7) is 2.61. The maximum atomic E-state index is 6.05. The molecule has 1 heterocycles. The summed E-state index contributed by atoms with van der Waals surface area (Å²) < 4.78 is 0. The van der Waals surface area contributed by atoms with Gasteiger partial charge in [0, 0.05) is 12.1 Å². The fraction of sp³-hybridized carbons (Fsp3) is 1.00. The minimum atomic E-state index is 0.476. The lowest BCUT2D eigenvalue weighted by Gasteiger charge is -2.43. The Balaban J connectivity index is 1.88. The van der Waals surface area contributed by atoms with E-state index in [1.165, 1.54) is 45.2 Å². The molecule has 1 aliphatic carbocycles. The topological polar surface area (TPSA) is 29.3 Å². The molecule has 0 radical (unpaired) electrons. The molecule has 2 nitrogen and oxygen atoms in total. The Bertz CT molecular complexity index is 130. The van der Waals surface area contributed by atoms with E-state index in [4.69, 9.17) is 5.73 Å². The first-order valence-corrected chi connectivity index (χ1v) is 4.87. The van der Waals surface area contributed by atoms with Crippen LogP contribution in [0.15, 0.2) is 0 Å². The SMILES string of the molecule is N[C@H]1CCCC[C@@H]1N1CCC1. The zero-order valence-electron chi connectivity index (χ0n) is 7.13. The molecule has 2 aliphatic rings. The molecule has 0 aromatic heterocycles. The van der Waals surface area contributed by atoms with Crippen LogP contribution in [-0.2, 0) is 0 Å². The minimum absolute atomic E-state index is 0.476. The summed E-state index contributed by atoms with van der Waals surface area (Å²) in [4.78, 5) is 2.56. The highest BCUT2D eigenvalue weighted by molar-refractivity contribution is 4.88. The first-order chi connectivity index (χ1) is 5.38. The maximum absolute atomic E-state index is 6.05. The Labute approximate surface area is 68.7 Å². The minimum Gasteiger partial charge on any atom is -0.326 e. The molecule has 0 bridgehead atoms. The summed E-state index contributed by atoms with van der Waals surface area (Å²) in [6.07, 6.45) is 6.74. The summed E-state index contributed by atoms with van der Waals surface area (Å²) in [6, 6.07) is 1.21. The number of hydrogen-bond donors (Lipinski definition) is 1. The van der Waals surface area contributed by atoms with Crippen molar-refractivity contribution in [1.29, 1.82) is 0 Å². The Kier molecular flexibility index (Phi) is 2.14. The standard InChI is InChI=1S/C9H18N2/c10-8-4-1-2-5-9(8)11-6-3-7-11/h8-9H,1-7,10H2/t8-,9-/m0/s1. The van der Waals surface area contributed by atoms with Gasteiger partial charge in [-0.15, -0.1) is 0 Å². The molecule has 1 saturated heterocycles. The average Bonchev–Trinajstić information content (AvgIpc) is 1.90.